The minimum Gasteiger partial charge on any atom is -0.370 e. The molecular formula is C21H23N5O2S. The fraction of sp³-hybridized carbons (Fsp3) is 0.238. The first-order chi connectivity index (χ1) is 14.0. The molecule has 0 aliphatic carbocycles. The average molecular weight is 410 g/mol. The number of primary amides is 1. The molecule has 3 aromatic rings. The average Bonchev–Trinajstić information content (AvgIpc) is 3.06. The van der Waals surface area contributed by atoms with Crippen LogP contribution in [0.25, 0.3) is 11.1 Å². The number of anilines is 1. The lowest BCUT2D eigenvalue weighted by Gasteiger charge is -2.14. The van der Waals surface area contributed by atoms with E-state index in [4.69, 9.17) is 5.73 Å². The van der Waals surface area contributed by atoms with Crippen molar-refractivity contribution in [2.75, 3.05) is 5.32 Å². The molecule has 1 aromatic heterocycles. The van der Waals surface area contributed by atoms with Gasteiger partial charge < -0.3 is 15.6 Å². The van der Waals surface area contributed by atoms with Crippen LogP contribution in [0, 0.1) is 0 Å². The highest BCUT2D eigenvalue weighted by Crippen LogP contribution is 2.29. The summed E-state index contributed by atoms with van der Waals surface area (Å²) in [6.07, 6.45) is 0.632. The van der Waals surface area contributed by atoms with Crippen molar-refractivity contribution >= 4 is 29.3 Å². The van der Waals surface area contributed by atoms with Crippen LogP contribution in [-0.2, 0) is 23.1 Å². The van der Waals surface area contributed by atoms with E-state index in [2.05, 4.69) is 15.5 Å². The first-order valence-corrected chi connectivity index (χ1v) is 10.1. The van der Waals surface area contributed by atoms with E-state index in [1.165, 1.54) is 11.8 Å². The fourth-order valence-corrected chi connectivity index (χ4v) is 3.64. The molecule has 0 spiro atoms. The quantitative estimate of drug-likeness (QED) is 0.557. The van der Waals surface area contributed by atoms with Crippen LogP contribution in [0.2, 0.25) is 0 Å². The van der Waals surface area contributed by atoms with Gasteiger partial charge in [0.1, 0.15) is 5.82 Å². The lowest BCUT2D eigenvalue weighted by atomic mass is 10.0. The molecule has 29 heavy (non-hydrogen) atoms. The van der Waals surface area contributed by atoms with Crippen LogP contribution in [0.4, 0.5) is 5.69 Å². The Bertz CT molecular complexity index is 1000. The van der Waals surface area contributed by atoms with Crippen LogP contribution in [0.1, 0.15) is 19.2 Å². The Balaban J connectivity index is 1.69. The van der Waals surface area contributed by atoms with Gasteiger partial charge in [-0.1, -0.05) is 60.3 Å². The number of nitrogens with zero attached hydrogens (tertiary/aromatic N) is 3. The lowest BCUT2D eigenvalue weighted by Crippen LogP contribution is -2.23. The number of amides is 2. The van der Waals surface area contributed by atoms with Crippen molar-refractivity contribution in [3.05, 3.63) is 60.4 Å². The number of rotatable bonds is 8. The Labute approximate surface area is 173 Å². The molecule has 0 bridgehead atoms. The lowest BCUT2D eigenvalue weighted by molar-refractivity contribution is -0.118. The molecular weight excluding hydrogens is 386 g/mol. The summed E-state index contributed by atoms with van der Waals surface area (Å²) >= 11 is 1.32. The molecule has 2 amide bonds. The van der Waals surface area contributed by atoms with Gasteiger partial charge in [0.05, 0.1) is 5.25 Å². The minimum atomic E-state index is -0.384. The Morgan fingerprint density at radius 2 is 1.79 bits per heavy atom. The number of nitrogens with two attached hydrogens (primary N) is 1. The highest BCUT2D eigenvalue weighted by molar-refractivity contribution is 8.00. The minimum absolute atomic E-state index is 0.125. The predicted octanol–water partition coefficient (Wildman–Crippen LogP) is 3.02. The molecule has 150 valence electrons. The summed E-state index contributed by atoms with van der Waals surface area (Å²) in [5, 5.41) is 11.5. The molecule has 1 atom stereocenters. The number of hydrogen-bond donors (Lipinski definition) is 2. The normalized spacial score (nSPS) is 11.8. The van der Waals surface area contributed by atoms with Crippen molar-refractivity contribution in [1.29, 1.82) is 0 Å². The molecule has 0 saturated carbocycles. The third-order valence-electron chi connectivity index (χ3n) is 4.44. The van der Waals surface area contributed by atoms with Crippen LogP contribution in [0.3, 0.4) is 0 Å². The number of hydrogen-bond acceptors (Lipinski definition) is 5. The first-order valence-electron chi connectivity index (χ1n) is 9.24. The van der Waals surface area contributed by atoms with Crippen LogP contribution >= 0.6 is 11.8 Å². The Hall–Kier alpha value is -3.13. The van der Waals surface area contributed by atoms with Crippen molar-refractivity contribution in [3.8, 4) is 11.1 Å². The number of thioether (sulfide) groups is 1. The fourth-order valence-electron chi connectivity index (χ4n) is 2.81. The molecule has 0 aliphatic rings. The Morgan fingerprint density at radius 1 is 1.10 bits per heavy atom. The van der Waals surface area contributed by atoms with E-state index in [1.807, 2.05) is 68.6 Å². The maximum atomic E-state index is 12.8. The highest BCUT2D eigenvalue weighted by atomic mass is 32.2. The van der Waals surface area contributed by atoms with Gasteiger partial charge in [0.2, 0.25) is 11.8 Å². The van der Waals surface area contributed by atoms with Crippen LogP contribution < -0.4 is 11.1 Å². The number of para-hydroxylation sites is 1. The van der Waals surface area contributed by atoms with E-state index in [0.717, 1.165) is 16.8 Å². The largest absolute Gasteiger partial charge is 0.370 e. The van der Waals surface area contributed by atoms with Crippen molar-refractivity contribution in [2.24, 2.45) is 12.8 Å². The zero-order valence-corrected chi connectivity index (χ0v) is 17.1. The van der Waals surface area contributed by atoms with Gasteiger partial charge in [-0.3, -0.25) is 9.59 Å². The second-order valence-electron chi connectivity index (χ2n) is 6.59. The topological polar surface area (TPSA) is 103 Å². The standard InChI is InChI=1S/C21H23N5O2S/c1-14(29-21-25-24-19(26(21)2)13-12-18(22)27)20(28)23-17-11-7-6-10-16(17)15-8-4-3-5-9-15/h3-11,14H,12-13H2,1-2H3,(H2,22,27)(H,23,28)/t14-/m0/s1. The van der Waals surface area contributed by atoms with Gasteiger partial charge in [-0.15, -0.1) is 10.2 Å². The molecule has 8 heteroatoms. The number of carbonyl (C=O) groups is 2. The number of carbonyl (C=O) groups excluding carboxylic acids is 2. The van der Waals surface area contributed by atoms with Crippen LogP contribution in [0.15, 0.2) is 59.8 Å². The van der Waals surface area contributed by atoms with Crippen molar-refractivity contribution in [3.63, 3.8) is 0 Å². The molecule has 0 aliphatic heterocycles. The summed E-state index contributed by atoms with van der Waals surface area (Å²) in [4.78, 5) is 23.8. The molecule has 0 saturated heterocycles. The monoisotopic (exact) mass is 409 g/mol. The first kappa shape index (κ1) is 20.6. The zero-order chi connectivity index (χ0) is 20.8. The van der Waals surface area contributed by atoms with Gasteiger partial charge in [0, 0.05) is 31.1 Å². The maximum absolute atomic E-state index is 12.8. The Kier molecular flexibility index (Phi) is 6.66. The van der Waals surface area contributed by atoms with Gasteiger partial charge in [0.25, 0.3) is 0 Å². The van der Waals surface area contributed by atoms with Gasteiger partial charge in [-0.2, -0.15) is 0 Å². The second kappa shape index (κ2) is 9.38. The van der Waals surface area contributed by atoms with E-state index < -0.39 is 0 Å². The molecule has 3 rings (SSSR count). The van der Waals surface area contributed by atoms with Gasteiger partial charge >= 0.3 is 0 Å². The zero-order valence-electron chi connectivity index (χ0n) is 16.3. The summed E-state index contributed by atoms with van der Waals surface area (Å²) in [5.41, 5.74) is 7.95. The van der Waals surface area contributed by atoms with E-state index in [0.29, 0.717) is 17.4 Å². The molecule has 1 heterocycles. The molecule has 0 fully saturated rings. The highest BCUT2D eigenvalue weighted by Gasteiger charge is 2.20. The van der Waals surface area contributed by atoms with Crippen LogP contribution in [-0.4, -0.2) is 31.8 Å². The molecule has 0 radical (unpaired) electrons. The third-order valence-corrected chi connectivity index (χ3v) is 5.58. The number of benzene rings is 2. The number of aryl methyl sites for hydroxylation is 1. The summed E-state index contributed by atoms with van der Waals surface area (Å²) in [5.74, 6) is 0.153. The number of nitrogens with one attached hydrogen (secondary N) is 1. The maximum Gasteiger partial charge on any atom is 0.237 e. The van der Waals surface area contributed by atoms with E-state index in [9.17, 15) is 9.59 Å². The van der Waals surface area contributed by atoms with Crippen molar-refractivity contribution in [2.45, 2.75) is 30.2 Å². The van der Waals surface area contributed by atoms with Crippen LogP contribution in [0.5, 0.6) is 0 Å². The van der Waals surface area contributed by atoms with Gasteiger partial charge in [-0.25, -0.2) is 0 Å². The molecule has 3 N–H and O–H groups in total. The van der Waals surface area contributed by atoms with Crippen molar-refractivity contribution in [1.82, 2.24) is 14.8 Å². The summed E-state index contributed by atoms with van der Waals surface area (Å²) in [7, 11) is 1.81. The van der Waals surface area contributed by atoms with E-state index in [-0.39, 0.29) is 23.5 Å². The van der Waals surface area contributed by atoms with Crippen molar-refractivity contribution < 1.29 is 9.59 Å². The Morgan fingerprint density at radius 3 is 2.52 bits per heavy atom. The second-order valence-corrected chi connectivity index (χ2v) is 7.89. The van der Waals surface area contributed by atoms with E-state index >= 15 is 0 Å². The summed E-state index contributed by atoms with van der Waals surface area (Å²) in [6, 6.07) is 17.6. The smallest absolute Gasteiger partial charge is 0.237 e. The van der Waals surface area contributed by atoms with E-state index in [1.54, 1.807) is 4.57 Å². The SMILES string of the molecule is C[C@H](Sc1nnc(CCC(N)=O)n1C)C(=O)Nc1ccccc1-c1ccccc1. The third kappa shape index (κ3) is 5.23. The van der Waals surface area contributed by atoms with Gasteiger partial charge in [0.15, 0.2) is 5.16 Å². The molecule has 7 nitrogen and oxygen atoms in total. The molecule has 0 unspecified atom stereocenters. The predicted molar refractivity (Wildman–Crippen MR) is 114 cm³/mol. The summed E-state index contributed by atoms with van der Waals surface area (Å²) in [6.45, 7) is 1.82. The summed E-state index contributed by atoms with van der Waals surface area (Å²) < 4.78 is 1.79. The van der Waals surface area contributed by atoms with Gasteiger partial charge in [-0.05, 0) is 18.6 Å². The molecule has 2 aromatic carbocycles. The number of aromatic nitrogens is 3.